The lowest BCUT2D eigenvalue weighted by molar-refractivity contribution is -0.123. The van der Waals surface area contributed by atoms with Crippen molar-refractivity contribution in [2.75, 3.05) is 12.0 Å². The number of rotatable bonds is 7. The molecule has 7 heteroatoms. The van der Waals surface area contributed by atoms with Gasteiger partial charge in [0.15, 0.2) is 0 Å². The van der Waals surface area contributed by atoms with E-state index in [1.807, 2.05) is 31.2 Å². The van der Waals surface area contributed by atoms with Crippen molar-refractivity contribution in [3.8, 4) is 0 Å². The van der Waals surface area contributed by atoms with Gasteiger partial charge in [0.2, 0.25) is 5.91 Å². The van der Waals surface area contributed by atoms with Gasteiger partial charge in [-0.3, -0.25) is 19.5 Å². The molecule has 1 aromatic heterocycles. The van der Waals surface area contributed by atoms with Crippen LogP contribution in [0.2, 0.25) is 0 Å². The third-order valence-corrected chi connectivity index (χ3v) is 6.52. The second kappa shape index (κ2) is 11.6. The topological polar surface area (TPSA) is 88.6 Å². The van der Waals surface area contributed by atoms with Crippen LogP contribution in [-0.4, -0.2) is 35.9 Å². The van der Waals surface area contributed by atoms with Crippen LogP contribution in [0.4, 0.5) is 5.69 Å². The molecule has 1 atom stereocenters. The molecule has 7 nitrogen and oxygen atoms in total. The minimum atomic E-state index is -0.925. The van der Waals surface area contributed by atoms with Gasteiger partial charge < -0.3 is 10.1 Å². The molecule has 36 heavy (non-hydrogen) atoms. The van der Waals surface area contributed by atoms with Gasteiger partial charge in [0.25, 0.3) is 5.91 Å². The number of nitrogens with one attached hydrogen (secondary N) is 1. The molecule has 4 rings (SSSR count). The molecule has 0 radical (unpaired) electrons. The first-order valence-corrected chi connectivity index (χ1v) is 12.3. The molecule has 3 aromatic rings. The molecule has 1 fully saturated rings. The van der Waals surface area contributed by atoms with E-state index in [2.05, 4.69) is 10.3 Å². The minimum Gasteiger partial charge on any atom is -0.465 e. The molecule has 1 heterocycles. The molecule has 1 saturated carbocycles. The lowest BCUT2D eigenvalue weighted by atomic mass is 9.94. The molecule has 0 aliphatic heterocycles. The third-order valence-electron chi connectivity index (χ3n) is 6.52. The molecule has 0 spiro atoms. The largest absolute Gasteiger partial charge is 0.465 e. The van der Waals surface area contributed by atoms with E-state index >= 15 is 0 Å². The van der Waals surface area contributed by atoms with E-state index in [4.69, 9.17) is 4.74 Å². The average Bonchev–Trinajstić information content (AvgIpc) is 2.92. The van der Waals surface area contributed by atoms with Gasteiger partial charge in [-0.15, -0.1) is 0 Å². The first kappa shape index (κ1) is 25.1. The van der Waals surface area contributed by atoms with Crippen molar-refractivity contribution in [3.63, 3.8) is 0 Å². The number of anilines is 1. The summed E-state index contributed by atoms with van der Waals surface area (Å²) in [7, 11) is 1.32. The van der Waals surface area contributed by atoms with E-state index < -0.39 is 17.9 Å². The van der Waals surface area contributed by atoms with E-state index in [-0.39, 0.29) is 17.6 Å². The molecule has 1 N–H and O–H groups in total. The Bertz CT molecular complexity index is 1190. The quantitative estimate of drug-likeness (QED) is 0.475. The van der Waals surface area contributed by atoms with Gasteiger partial charge in [0.1, 0.15) is 11.7 Å². The van der Waals surface area contributed by atoms with Crippen molar-refractivity contribution in [2.45, 2.75) is 51.1 Å². The first-order valence-electron chi connectivity index (χ1n) is 12.3. The number of ether oxygens (including phenoxy) is 1. The van der Waals surface area contributed by atoms with Crippen molar-refractivity contribution in [2.24, 2.45) is 0 Å². The summed E-state index contributed by atoms with van der Waals surface area (Å²) < 4.78 is 4.81. The van der Waals surface area contributed by atoms with Crippen LogP contribution in [0.15, 0.2) is 72.9 Å². The highest BCUT2D eigenvalue weighted by Gasteiger charge is 2.35. The number of pyridine rings is 1. The van der Waals surface area contributed by atoms with E-state index in [0.717, 1.165) is 31.2 Å². The monoisotopic (exact) mass is 485 g/mol. The van der Waals surface area contributed by atoms with Crippen molar-refractivity contribution in [1.29, 1.82) is 0 Å². The minimum absolute atomic E-state index is 0.0766. The van der Waals surface area contributed by atoms with Crippen molar-refractivity contribution < 1.29 is 19.1 Å². The number of aromatic nitrogens is 1. The lowest BCUT2D eigenvalue weighted by Gasteiger charge is -2.33. The first-order chi connectivity index (χ1) is 17.5. The highest BCUT2D eigenvalue weighted by atomic mass is 16.5. The molecule has 2 amide bonds. The summed E-state index contributed by atoms with van der Waals surface area (Å²) in [6.45, 7) is 1.98. The Morgan fingerprint density at radius 3 is 2.25 bits per heavy atom. The zero-order valence-electron chi connectivity index (χ0n) is 20.6. The Labute approximate surface area is 211 Å². The van der Waals surface area contributed by atoms with Crippen molar-refractivity contribution >= 4 is 23.5 Å². The smallest absolute Gasteiger partial charge is 0.337 e. The molecular weight excluding hydrogens is 454 g/mol. The van der Waals surface area contributed by atoms with E-state index in [0.29, 0.717) is 16.8 Å². The molecular formula is C29H31N3O4. The van der Waals surface area contributed by atoms with Crippen LogP contribution in [0.25, 0.3) is 0 Å². The highest BCUT2D eigenvalue weighted by Crippen LogP contribution is 2.31. The molecule has 1 aliphatic carbocycles. The maximum absolute atomic E-state index is 13.9. The summed E-state index contributed by atoms with van der Waals surface area (Å²) >= 11 is 0. The number of hydrogen-bond donors (Lipinski definition) is 1. The number of benzene rings is 2. The van der Waals surface area contributed by atoms with Crippen LogP contribution in [0.5, 0.6) is 0 Å². The predicted molar refractivity (Wildman–Crippen MR) is 138 cm³/mol. The number of hydrogen-bond acceptors (Lipinski definition) is 5. The number of methoxy groups -OCH3 is 1. The average molecular weight is 486 g/mol. The Hall–Kier alpha value is -4.00. The van der Waals surface area contributed by atoms with Gasteiger partial charge in [-0.1, -0.05) is 55.2 Å². The Morgan fingerprint density at radius 2 is 1.64 bits per heavy atom. The van der Waals surface area contributed by atoms with Gasteiger partial charge >= 0.3 is 5.97 Å². The van der Waals surface area contributed by atoms with E-state index in [9.17, 15) is 14.4 Å². The Kier molecular flexibility index (Phi) is 8.10. The molecule has 1 aliphatic rings. The molecule has 2 aromatic carbocycles. The summed E-state index contributed by atoms with van der Waals surface area (Å²) in [5, 5.41) is 3.20. The fourth-order valence-corrected chi connectivity index (χ4v) is 4.57. The molecule has 186 valence electrons. The molecule has 0 bridgehead atoms. The summed E-state index contributed by atoms with van der Waals surface area (Å²) in [5.74, 6) is -1.13. The van der Waals surface area contributed by atoms with Gasteiger partial charge in [-0.2, -0.15) is 0 Å². The van der Waals surface area contributed by atoms with Gasteiger partial charge in [0.05, 0.1) is 12.7 Å². The number of aryl methyl sites for hydroxylation is 1. The third kappa shape index (κ3) is 5.79. The predicted octanol–water partition coefficient (Wildman–Crippen LogP) is 5.01. The van der Waals surface area contributed by atoms with Gasteiger partial charge in [-0.25, -0.2) is 4.79 Å². The van der Waals surface area contributed by atoms with Crippen LogP contribution in [0.3, 0.4) is 0 Å². The SMILES string of the molecule is COC(=O)c1ccc(N(C(=O)c2ccccn2)C(C(=O)NC2CCCCC2)c2ccc(C)cc2)cc1. The van der Waals surface area contributed by atoms with Gasteiger partial charge in [0, 0.05) is 17.9 Å². The zero-order chi connectivity index (χ0) is 25.5. The number of nitrogens with zero attached hydrogens (tertiary/aromatic N) is 2. The Balaban J connectivity index is 1.79. The van der Waals surface area contributed by atoms with Crippen LogP contribution >= 0.6 is 0 Å². The maximum Gasteiger partial charge on any atom is 0.337 e. The van der Waals surface area contributed by atoms with Crippen molar-refractivity contribution in [1.82, 2.24) is 10.3 Å². The second-order valence-corrected chi connectivity index (χ2v) is 9.09. The van der Waals surface area contributed by atoms with Crippen LogP contribution in [-0.2, 0) is 9.53 Å². The second-order valence-electron chi connectivity index (χ2n) is 9.09. The van der Waals surface area contributed by atoms with Crippen molar-refractivity contribution in [3.05, 3.63) is 95.3 Å². The fraction of sp³-hybridized carbons (Fsp3) is 0.310. The van der Waals surface area contributed by atoms with Crippen LogP contribution in [0.1, 0.15) is 70.1 Å². The summed E-state index contributed by atoms with van der Waals surface area (Å²) in [6, 6.07) is 18.4. The summed E-state index contributed by atoms with van der Waals surface area (Å²) in [4.78, 5) is 45.5. The lowest BCUT2D eigenvalue weighted by Crippen LogP contribution is -2.47. The number of carbonyl (C=O) groups is 3. The molecule has 0 saturated heterocycles. The zero-order valence-corrected chi connectivity index (χ0v) is 20.6. The van der Waals surface area contributed by atoms with Crippen LogP contribution < -0.4 is 10.2 Å². The molecule has 1 unspecified atom stereocenters. The number of amides is 2. The van der Waals surface area contributed by atoms with E-state index in [1.165, 1.54) is 18.4 Å². The fourth-order valence-electron chi connectivity index (χ4n) is 4.57. The van der Waals surface area contributed by atoms with Crippen LogP contribution in [0, 0.1) is 6.92 Å². The highest BCUT2D eigenvalue weighted by molar-refractivity contribution is 6.09. The summed E-state index contributed by atoms with van der Waals surface area (Å²) in [5.41, 5.74) is 2.79. The Morgan fingerprint density at radius 1 is 0.944 bits per heavy atom. The van der Waals surface area contributed by atoms with Gasteiger partial charge in [-0.05, 0) is 61.7 Å². The standard InChI is InChI=1S/C29H31N3O4/c1-20-11-13-21(14-12-20)26(27(33)31-23-8-4-3-5-9-23)32(28(34)25-10-6-7-19-30-25)24-17-15-22(16-18-24)29(35)36-2/h6-7,10-19,23,26H,3-5,8-9H2,1-2H3,(H,31,33). The normalized spacial score (nSPS) is 14.5. The summed E-state index contributed by atoms with van der Waals surface area (Å²) in [6.07, 6.45) is 6.72. The number of carbonyl (C=O) groups excluding carboxylic acids is 3. The van der Waals surface area contributed by atoms with E-state index in [1.54, 1.807) is 48.7 Å². The number of esters is 1. The maximum atomic E-state index is 13.9.